The molecule has 0 radical (unpaired) electrons. The summed E-state index contributed by atoms with van der Waals surface area (Å²) >= 11 is 0. The van der Waals surface area contributed by atoms with Crippen molar-refractivity contribution in [3.63, 3.8) is 0 Å². The quantitative estimate of drug-likeness (QED) is 0.909. The third kappa shape index (κ3) is 3.23. The SMILES string of the molecule is COc1ccc(COc2cncc(C(=O)O)c2)cc1F. The summed E-state index contributed by atoms with van der Waals surface area (Å²) in [6.07, 6.45) is 2.62. The van der Waals surface area contributed by atoms with Crippen LogP contribution in [-0.2, 0) is 6.61 Å². The van der Waals surface area contributed by atoms with Gasteiger partial charge in [-0.05, 0) is 23.8 Å². The lowest BCUT2D eigenvalue weighted by molar-refractivity contribution is 0.0696. The Morgan fingerprint density at radius 2 is 2.15 bits per heavy atom. The first kappa shape index (κ1) is 13.8. The van der Waals surface area contributed by atoms with Crippen LogP contribution in [-0.4, -0.2) is 23.2 Å². The molecule has 1 aromatic carbocycles. The van der Waals surface area contributed by atoms with Crippen molar-refractivity contribution in [2.24, 2.45) is 0 Å². The van der Waals surface area contributed by atoms with Crippen molar-refractivity contribution in [2.45, 2.75) is 6.61 Å². The molecule has 2 aromatic rings. The topological polar surface area (TPSA) is 68.7 Å². The molecule has 0 aliphatic carbocycles. The molecule has 0 bridgehead atoms. The Morgan fingerprint density at radius 1 is 1.35 bits per heavy atom. The molecule has 1 aromatic heterocycles. The number of carboxylic acids is 1. The zero-order valence-corrected chi connectivity index (χ0v) is 10.7. The van der Waals surface area contributed by atoms with E-state index in [1.165, 1.54) is 37.7 Å². The summed E-state index contributed by atoms with van der Waals surface area (Å²) in [6.45, 7) is 0.103. The average molecular weight is 277 g/mol. The smallest absolute Gasteiger partial charge is 0.337 e. The Labute approximate surface area is 114 Å². The van der Waals surface area contributed by atoms with Crippen LogP contribution in [0.25, 0.3) is 0 Å². The second kappa shape index (κ2) is 6.01. The fourth-order valence-electron chi connectivity index (χ4n) is 1.58. The molecule has 0 saturated heterocycles. The molecule has 0 fully saturated rings. The van der Waals surface area contributed by atoms with Gasteiger partial charge in [0.05, 0.1) is 18.9 Å². The first-order chi connectivity index (χ1) is 9.60. The van der Waals surface area contributed by atoms with Gasteiger partial charge >= 0.3 is 5.97 Å². The van der Waals surface area contributed by atoms with Gasteiger partial charge in [-0.25, -0.2) is 9.18 Å². The van der Waals surface area contributed by atoms with Gasteiger partial charge in [0.15, 0.2) is 11.6 Å². The fraction of sp³-hybridized carbons (Fsp3) is 0.143. The van der Waals surface area contributed by atoms with Gasteiger partial charge in [0.2, 0.25) is 0 Å². The van der Waals surface area contributed by atoms with Crippen LogP contribution in [0.15, 0.2) is 36.7 Å². The number of hydrogen-bond acceptors (Lipinski definition) is 4. The summed E-state index contributed by atoms with van der Waals surface area (Å²) in [5.74, 6) is -1.10. The van der Waals surface area contributed by atoms with Crippen LogP contribution in [0, 0.1) is 5.82 Å². The highest BCUT2D eigenvalue weighted by molar-refractivity contribution is 5.87. The van der Waals surface area contributed by atoms with Crippen LogP contribution in [0.1, 0.15) is 15.9 Å². The van der Waals surface area contributed by atoms with Gasteiger partial charge in [0.25, 0.3) is 0 Å². The molecule has 104 valence electrons. The minimum atomic E-state index is -1.08. The summed E-state index contributed by atoms with van der Waals surface area (Å²) in [4.78, 5) is 14.5. The number of rotatable bonds is 5. The molecule has 0 spiro atoms. The van der Waals surface area contributed by atoms with Crippen molar-refractivity contribution in [1.82, 2.24) is 4.98 Å². The van der Waals surface area contributed by atoms with Crippen molar-refractivity contribution in [2.75, 3.05) is 7.11 Å². The molecule has 0 atom stereocenters. The lowest BCUT2D eigenvalue weighted by atomic mass is 10.2. The minimum absolute atomic E-state index is 0.0309. The normalized spacial score (nSPS) is 10.1. The maximum atomic E-state index is 13.5. The number of carbonyl (C=O) groups is 1. The van der Waals surface area contributed by atoms with Gasteiger partial charge in [0.1, 0.15) is 12.4 Å². The third-order valence-electron chi connectivity index (χ3n) is 2.58. The number of methoxy groups -OCH3 is 1. The van der Waals surface area contributed by atoms with Gasteiger partial charge in [-0.2, -0.15) is 0 Å². The molecule has 0 aliphatic rings. The van der Waals surface area contributed by atoms with E-state index >= 15 is 0 Å². The Bertz CT molecular complexity index is 630. The van der Waals surface area contributed by atoms with E-state index in [1.807, 2.05) is 0 Å². The Hall–Kier alpha value is -2.63. The largest absolute Gasteiger partial charge is 0.494 e. The molecule has 2 rings (SSSR count). The molecule has 0 unspecified atom stereocenters. The highest BCUT2D eigenvalue weighted by Crippen LogP contribution is 2.19. The number of ether oxygens (including phenoxy) is 2. The standard InChI is InChI=1S/C14H12FNO4/c1-19-13-3-2-9(4-12(13)15)8-20-11-5-10(14(17)18)6-16-7-11/h2-7H,8H2,1H3,(H,17,18). The van der Waals surface area contributed by atoms with Crippen molar-refractivity contribution in [3.05, 3.63) is 53.6 Å². The van der Waals surface area contributed by atoms with Gasteiger partial charge in [-0.1, -0.05) is 6.07 Å². The van der Waals surface area contributed by atoms with E-state index in [0.29, 0.717) is 11.3 Å². The van der Waals surface area contributed by atoms with Gasteiger partial charge in [-0.15, -0.1) is 0 Å². The number of aromatic carboxylic acids is 1. The third-order valence-corrected chi connectivity index (χ3v) is 2.58. The van der Waals surface area contributed by atoms with Crippen LogP contribution >= 0.6 is 0 Å². The van der Waals surface area contributed by atoms with E-state index in [2.05, 4.69) is 4.98 Å². The summed E-state index contributed by atoms with van der Waals surface area (Å²) < 4.78 is 23.7. The molecular weight excluding hydrogens is 265 g/mol. The molecule has 1 N–H and O–H groups in total. The van der Waals surface area contributed by atoms with Crippen LogP contribution < -0.4 is 9.47 Å². The van der Waals surface area contributed by atoms with Crippen molar-refractivity contribution < 1.29 is 23.8 Å². The zero-order valence-electron chi connectivity index (χ0n) is 10.7. The number of benzene rings is 1. The number of aromatic nitrogens is 1. The molecule has 0 amide bonds. The molecular formula is C14H12FNO4. The average Bonchev–Trinajstić information content (AvgIpc) is 2.45. The van der Waals surface area contributed by atoms with E-state index in [9.17, 15) is 9.18 Å². The Morgan fingerprint density at radius 3 is 2.80 bits per heavy atom. The highest BCUT2D eigenvalue weighted by Gasteiger charge is 2.07. The number of nitrogens with zero attached hydrogens (tertiary/aromatic N) is 1. The number of hydrogen-bond donors (Lipinski definition) is 1. The first-order valence-corrected chi connectivity index (χ1v) is 5.73. The maximum Gasteiger partial charge on any atom is 0.337 e. The van der Waals surface area contributed by atoms with E-state index < -0.39 is 11.8 Å². The number of carboxylic acid groups (broad SMARTS) is 1. The van der Waals surface area contributed by atoms with Crippen LogP contribution in [0.4, 0.5) is 4.39 Å². The Balaban J connectivity index is 2.07. The predicted octanol–water partition coefficient (Wildman–Crippen LogP) is 2.51. The van der Waals surface area contributed by atoms with Crippen molar-refractivity contribution in [3.8, 4) is 11.5 Å². The maximum absolute atomic E-state index is 13.5. The monoisotopic (exact) mass is 277 g/mol. The van der Waals surface area contributed by atoms with Gasteiger partial charge in [-0.3, -0.25) is 4.98 Å². The second-order valence-electron chi connectivity index (χ2n) is 3.97. The second-order valence-corrected chi connectivity index (χ2v) is 3.97. The van der Waals surface area contributed by atoms with E-state index in [4.69, 9.17) is 14.6 Å². The number of halogens is 1. The summed E-state index contributed by atoms with van der Waals surface area (Å²) in [5.41, 5.74) is 0.632. The highest BCUT2D eigenvalue weighted by atomic mass is 19.1. The Kier molecular flexibility index (Phi) is 4.14. The molecule has 6 heteroatoms. The predicted molar refractivity (Wildman–Crippen MR) is 68.5 cm³/mol. The molecule has 0 aliphatic heterocycles. The molecule has 0 saturated carbocycles. The number of pyridine rings is 1. The molecule has 20 heavy (non-hydrogen) atoms. The summed E-state index contributed by atoms with van der Waals surface area (Å²) in [5, 5.41) is 8.83. The van der Waals surface area contributed by atoms with E-state index in [0.717, 1.165) is 0 Å². The molecule has 5 nitrogen and oxygen atoms in total. The van der Waals surface area contributed by atoms with E-state index in [-0.39, 0.29) is 17.9 Å². The summed E-state index contributed by atoms with van der Waals surface area (Å²) in [7, 11) is 1.39. The van der Waals surface area contributed by atoms with Crippen molar-refractivity contribution >= 4 is 5.97 Å². The van der Waals surface area contributed by atoms with E-state index in [1.54, 1.807) is 6.07 Å². The van der Waals surface area contributed by atoms with Crippen LogP contribution in [0.5, 0.6) is 11.5 Å². The fourth-order valence-corrected chi connectivity index (χ4v) is 1.58. The molecule has 1 heterocycles. The minimum Gasteiger partial charge on any atom is -0.494 e. The lowest BCUT2D eigenvalue weighted by Gasteiger charge is -2.08. The zero-order chi connectivity index (χ0) is 14.5. The summed E-state index contributed by atoms with van der Waals surface area (Å²) in [6, 6.07) is 5.82. The lowest BCUT2D eigenvalue weighted by Crippen LogP contribution is -2.01. The van der Waals surface area contributed by atoms with Crippen molar-refractivity contribution in [1.29, 1.82) is 0 Å². The van der Waals surface area contributed by atoms with Gasteiger partial charge in [0, 0.05) is 6.20 Å². The van der Waals surface area contributed by atoms with Crippen LogP contribution in [0.2, 0.25) is 0 Å². The first-order valence-electron chi connectivity index (χ1n) is 5.73. The van der Waals surface area contributed by atoms with Crippen LogP contribution in [0.3, 0.4) is 0 Å². The van der Waals surface area contributed by atoms with Gasteiger partial charge < -0.3 is 14.6 Å².